The number of hydrogen-bond acceptors (Lipinski definition) is 3. The van der Waals surface area contributed by atoms with Crippen LogP contribution in [0.2, 0.25) is 0 Å². The van der Waals surface area contributed by atoms with Gasteiger partial charge in [0.15, 0.2) is 0 Å². The molecule has 1 aliphatic carbocycles. The summed E-state index contributed by atoms with van der Waals surface area (Å²) in [5, 5.41) is 3.68. The molecule has 0 aromatic heterocycles. The summed E-state index contributed by atoms with van der Waals surface area (Å²) in [6, 6.07) is 0.713. The Kier molecular flexibility index (Phi) is 6.11. The Balaban J connectivity index is 1.58. The molecule has 2 aliphatic rings. The first-order valence-corrected chi connectivity index (χ1v) is 8.15. The monoisotopic (exact) mass is 269 g/mol. The van der Waals surface area contributed by atoms with E-state index in [4.69, 9.17) is 9.47 Å². The summed E-state index contributed by atoms with van der Waals surface area (Å²) >= 11 is 0. The fourth-order valence-electron chi connectivity index (χ4n) is 3.57. The van der Waals surface area contributed by atoms with E-state index in [9.17, 15) is 0 Å². The van der Waals surface area contributed by atoms with E-state index in [2.05, 4.69) is 26.1 Å². The maximum Gasteiger partial charge on any atom is 0.0625 e. The van der Waals surface area contributed by atoms with Gasteiger partial charge in [-0.3, -0.25) is 0 Å². The van der Waals surface area contributed by atoms with Crippen LogP contribution in [0.15, 0.2) is 0 Å². The first-order chi connectivity index (χ1) is 9.15. The van der Waals surface area contributed by atoms with Gasteiger partial charge < -0.3 is 14.8 Å². The first kappa shape index (κ1) is 15.3. The zero-order chi connectivity index (χ0) is 13.7. The molecule has 1 N–H and O–H groups in total. The van der Waals surface area contributed by atoms with Crippen LogP contribution < -0.4 is 5.32 Å². The van der Waals surface area contributed by atoms with Crippen molar-refractivity contribution in [3.63, 3.8) is 0 Å². The topological polar surface area (TPSA) is 30.5 Å². The van der Waals surface area contributed by atoms with Crippen molar-refractivity contribution in [3.05, 3.63) is 0 Å². The van der Waals surface area contributed by atoms with Gasteiger partial charge in [0.25, 0.3) is 0 Å². The van der Waals surface area contributed by atoms with Crippen LogP contribution in [-0.4, -0.2) is 37.5 Å². The molecule has 2 fully saturated rings. The van der Waals surface area contributed by atoms with Crippen molar-refractivity contribution in [2.45, 2.75) is 83.6 Å². The van der Waals surface area contributed by atoms with E-state index in [-0.39, 0.29) is 0 Å². The molecule has 1 aliphatic heterocycles. The summed E-state index contributed by atoms with van der Waals surface area (Å²) in [6.45, 7) is 8.50. The van der Waals surface area contributed by atoms with E-state index in [1.807, 2.05) is 0 Å². The Morgan fingerprint density at radius 2 is 1.74 bits per heavy atom. The molecule has 4 atom stereocenters. The first-order valence-electron chi connectivity index (χ1n) is 8.15. The summed E-state index contributed by atoms with van der Waals surface area (Å²) in [4.78, 5) is 0. The molecule has 1 saturated heterocycles. The second-order valence-corrected chi connectivity index (χ2v) is 6.54. The predicted octanol–water partition coefficient (Wildman–Crippen LogP) is 3.13. The third kappa shape index (κ3) is 5.05. The molecule has 112 valence electrons. The SMILES string of the molecule is CC1CC(OCCNC2CCCCC2C)CC(C)O1. The average molecular weight is 269 g/mol. The molecule has 3 nitrogen and oxygen atoms in total. The van der Waals surface area contributed by atoms with Gasteiger partial charge in [0.1, 0.15) is 0 Å². The fourth-order valence-corrected chi connectivity index (χ4v) is 3.57. The van der Waals surface area contributed by atoms with Crippen molar-refractivity contribution in [2.75, 3.05) is 13.2 Å². The summed E-state index contributed by atoms with van der Waals surface area (Å²) < 4.78 is 11.7. The van der Waals surface area contributed by atoms with E-state index in [0.29, 0.717) is 24.4 Å². The lowest BCUT2D eigenvalue weighted by Gasteiger charge is -2.33. The number of ether oxygens (including phenoxy) is 2. The Morgan fingerprint density at radius 1 is 1.05 bits per heavy atom. The smallest absolute Gasteiger partial charge is 0.0625 e. The highest BCUT2D eigenvalue weighted by Gasteiger charge is 2.25. The second kappa shape index (κ2) is 7.61. The average Bonchev–Trinajstić information content (AvgIpc) is 2.35. The zero-order valence-corrected chi connectivity index (χ0v) is 12.9. The normalized spacial score (nSPS) is 40.3. The minimum Gasteiger partial charge on any atom is -0.377 e. The van der Waals surface area contributed by atoms with Gasteiger partial charge in [-0.2, -0.15) is 0 Å². The number of rotatable bonds is 5. The van der Waals surface area contributed by atoms with E-state index < -0.39 is 0 Å². The van der Waals surface area contributed by atoms with Gasteiger partial charge in [-0.1, -0.05) is 19.8 Å². The molecular weight excluding hydrogens is 238 g/mol. The van der Waals surface area contributed by atoms with Gasteiger partial charge in [-0.25, -0.2) is 0 Å². The van der Waals surface area contributed by atoms with Crippen LogP contribution in [0.4, 0.5) is 0 Å². The largest absolute Gasteiger partial charge is 0.377 e. The Morgan fingerprint density at radius 3 is 2.42 bits per heavy atom. The minimum absolute atomic E-state index is 0.347. The molecule has 3 heteroatoms. The molecule has 1 heterocycles. The Labute approximate surface area is 118 Å². The highest BCUT2D eigenvalue weighted by molar-refractivity contribution is 4.78. The second-order valence-electron chi connectivity index (χ2n) is 6.54. The molecule has 1 saturated carbocycles. The van der Waals surface area contributed by atoms with Crippen LogP contribution in [0.3, 0.4) is 0 Å². The van der Waals surface area contributed by atoms with Gasteiger partial charge in [0.2, 0.25) is 0 Å². The zero-order valence-electron chi connectivity index (χ0n) is 12.9. The number of nitrogens with one attached hydrogen (secondary N) is 1. The van der Waals surface area contributed by atoms with Crippen molar-refractivity contribution < 1.29 is 9.47 Å². The summed E-state index contributed by atoms with van der Waals surface area (Å²) in [6.07, 6.45) is 8.70. The maximum absolute atomic E-state index is 6.01. The highest BCUT2D eigenvalue weighted by atomic mass is 16.5. The van der Waals surface area contributed by atoms with Crippen molar-refractivity contribution in [1.82, 2.24) is 5.32 Å². The van der Waals surface area contributed by atoms with E-state index in [1.54, 1.807) is 0 Å². The van der Waals surface area contributed by atoms with Gasteiger partial charge in [0.05, 0.1) is 24.9 Å². The van der Waals surface area contributed by atoms with Crippen LogP contribution in [0.25, 0.3) is 0 Å². The van der Waals surface area contributed by atoms with E-state index >= 15 is 0 Å². The van der Waals surface area contributed by atoms with Crippen LogP contribution in [0.1, 0.15) is 59.3 Å². The highest BCUT2D eigenvalue weighted by Crippen LogP contribution is 2.24. The van der Waals surface area contributed by atoms with E-state index in [0.717, 1.165) is 31.9 Å². The molecule has 0 bridgehead atoms. The van der Waals surface area contributed by atoms with Crippen LogP contribution in [-0.2, 0) is 9.47 Å². The van der Waals surface area contributed by atoms with Crippen LogP contribution in [0, 0.1) is 5.92 Å². The maximum atomic E-state index is 6.01. The lowest BCUT2D eigenvalue weighted by molar-refractivity contribution is -0.101. The van der Waals surface area contributed by atoms with Crippen molar-refractivity contribution in [3.8, 4) is 0 Å². The third-order valence-electron chi connectivity index (χ3n) is 4.63. The molecule has 0 amide bonds. The summed E-state index contributed by atoms with van der Waals surface area (Å²) in [7, 11) is 0. The number of hydrogen-bond donors (Lipinski definition) is 1. The Bertz CT molecular complexity index is 249. The Hall–Kier alpha value is -0.120. The summed E-state index contributed by atoms with van der Waals surface area (Å²) in [5.41, 5.74) is 0. The van der Waals surface area contributed by atoms with Crippen molar-refractivity contribution in [2.24, 2.45) is 5.92 Å². The van der Waals surface area contributed by atoms with Gasteiger partial charge >= 0.3 is 0 Å². The molecular formula is C16H31NO2. The lowest BCUT2D eigenvalue weighted by atomic mass is 9.86. The molecule has 0 spiro atoms. The van der Waals surface area contributed by atoms with Crippen molar-refractivity contribution in [1.29, 1.82) is 0 Å². The molecule has 4 unspecified atom stereocenters. The van der Waals surface area contributed by atoms with Gasteiger partial charge in [-0.05, 0) is 45.4 Å². The van der Waals surface area contributed by atoms with Crippen molar-refractivity contribution >= 4 is 0 Å². The third-order valence-corrected chi connectivity index (χ3v) is 4.63. The standard InChI is InChI=1S/C16H31NO2/c1-12-6-4-5-7-16(12)17-8-9-18-15-10-13(2)19-14(3)11-15/h12-17H,4-11H2,1-3H3. The summed E-state index contributed by atoms with van der Waals surface area (Å²) in [5.74, 6) is 0.830. The minimum atomic E-state index is 0.347. The van der Waals surface area contributed by atoms with E-state index in [1.165, 1.54) is 25.7 Å². The molecule has 0 radical (unpaired) electrons. The van der Waals surface area contributed by atoms with Crippen LogP contribution in [0.5, 0.6) is 0 Å². The van der Waals surface area contributed by atoms with Gasteiger partial charge in [0, 0.05) is 12.6 Å². The fraction of sp³-hybridized carbons (Fsp3) is 1.00. The predicted molar refractivity (Wildman–Crippen MR) is 78.4 cm³/mol. The quantitative estimate of drug-likeness (QED) is 0.778. The molecule has 2 rings (SSSR count). The van der Waals surface area contributed by atoms with Gasteiger partial charge in [-0.15, -0.1) is 0 Å². The molecule has 0 aromatic carbocycles. The van der Waals surface area contributed by atoms with Crippen LogP contribution >= 0.6 is 0 Å². The molecule has 0 aromatic rings. The molecule has 19 heavy (non-hydrogen) atoms. The lowest BCUT2D eigenvalue weighted by Crippen LogP contribution is -2.40.